The van der Waals surface area contributed by atoms with E-state index in [9.17, 15) is 9.90 Å². The lowest BCUT2D eigenvalue weighted by Gasteiger charge is -2.34. The van der Waals surface area contributed by atoms with E-state index in [2.05, 4.69) is 0 Å². The van der Waals surface area contributed by atoms with E-state index in [0.717, 1.165) is 0 Å². The molecule has 0 saturated heterocycles. The molecule has 0 heterocycles. The van der Waals surface area contributed by atoms with Crippen LogP contribution >= 0.6 is 0 Å². The minimum absolute atomic E-state index is 0.422. The molecule has 4 heteroatoms. The maximum absolute atomic E-state index is 11.0. The third-order valence-electron chi connectivity index (χ3n) is 2.07. The summed E-state index contributed by atoms with van der Waals surface area (Å²) in [6, 6.07) is 0. The number of nitrogens with zero attached hydrogens (tertiary/aromatic N) is 1. The highest BCUT2D eigenvalue weighted by molar-refractivity contribution is 5.84. The molecular formula is C8H17NO3. The Morgan fingerprint density at radius 1 is 1.42 bits per heavy atom. The van der Waals surface area contributed by atoms with Crippen molar-refractivity contribution in [2.75, 3.05) is 19.7 Å². The molecule has 0 amide bonds. The molecular weight excluding hydrogens is 158 g/mol. The SMILES string of the molecule is CCN(CC)C(O)(CO)C(C)=O. The minimum atomic E-state index is -1.69. The number of rotatable bonds is 5. The Labute approximate surface area is 72.8 Å². The number of ketones is 1. The topological polar surface area (TPSA) is 60.8 Å². The van der Waals surface area contributed by atoms with Gasteiger partial charge in [0.05, 0.1) is 6.61 Å². The summed E-state index contributed by atoms with van der Waals surface area (Å²) in [6.07, 6.45) is 0. The Morgan fingerprint density at radius 2 is 1.83 bits per heavy atom. The predicted octanol–water partition coefficient (Wildman–Crippen LogP) is -0.402. The summed E-state index contributed by atoms with van der Waals surface area (Å²) >= 11 is 0. The number of likely N-dealkylation sites (N-methyl/N-ethyl adjacent to an activating group) is 1. The Balaban J connectivity index is 4.58. The van der Waals surface area contributed by atoms with Gasteiger partial charge in [0.1, 0.15) is 0 Å². The zero-order valence-corrected chi connectivity index (χ0v) is 7.87. The number of hydrogen-bond donors (Lipinski definition) is 2. The average Bonchev–Trinajstić information content (AvgIpc) is 2.05. The second kappa shape index (κ2) is 4.54. The fourth-order valence-corrected chi connectivity index (χ4v) is 1.18. The van der Waals surface area contributed by atoms with Crippen molar-refractivity contribution in [3.63, 3.8) is 0 Å². The van der Waals surface area contributed by atoms with Gasteiger partial charge in [-0.2, -0.15) is 0 Å². The van der Waals surface area contributed by atoms with Crippen molar-refractivity contribution in [2.24, 2.45) is 0 Å². The van der Waals surface area contributed by atoms with Crippen LogP contribution in [0.4, 0.5) is 0 Å². The van der Waals surface area contributed by atoms with Crippen molar-refractivity contribution in [3.05, 3.63) is 0 Å². The smallest absolute Gasteiger partial charge is 0.201 e. The van der Waals surface area contributed by atoms with Crippen molar-refractivity contribution in [2.45, 2.75) is 26.5 Å². The molecule has 0 aromatic heterocycles. The summed E-state index contributed by atoms with van der Waals surface area (Å²) < 4.78 is 0. The molecule has 72 valence electrons. The number of carbonyl (C=O) groups is 1. The molecule has 1 unspecified atom stereocenters. The van der Waals surface area contributed by atoms with Crippen LogP contribution in [0.3, 0.4) is 0 Å². The number of aliphatic hydroxyl groups excluding tert-OH is 1. The molecule has 0 radical (unpaired) electrons. The summed E-state index contributed by atoms with van der Waals surface area (Å²) in [5.74, 6) is -0.422. The third kappa shape index (κ3) is 2.03. The third-order valence-corrected chi connectivity index (χ3v) is 2.07. The second-order valence-electron chi connectivity index (χ2n) is 2.70. The largest absolute Gasteiger partial charge is 0.391 e. The number of hydrogen-bond acceptors (Lipinski definition) is 4. The van der Waals surface area contributed by atoms with Crippen LogP contribution in [-0.2, 0) is 4.79 Å². The molecule has 0 fully saturated rings. The fourth-order valence-electron chi connectivity index (χ4n) is 1.18. The quantitative estimate of drug-likeness (QED) is 0.558. The monoisotopic (exact) mass is 175 g/mol. The Kier molecular flexibility index (Phi) is 4.37. The van der Waals surface area contributed by atoms with Gasteiger partial charge in [0.2, 0.25) is 5.72 Å². The van der Waals surface area contributed by atoms with Crippen molar-refractivity contribution in [1.82, 2.24) is 4.90 Å². The summed E-state index contributed by atoms with van der Waals surface area (Å²) in [6.45, 7) is 5.44. The van der Waals surface area contributed by atoms with Crippen LogP contribution in [0.5, 0.6) is 0 Å². The Bertz CT molecular complexity index is 156. The summed E-state index contributed by atoms with van der Waals surface area (Å²) in [7, 11) is 0. The highest BCUT2D eigenvalue weighted by Gasteiger charge is 2.36. The standard InChI is InChI=1S/C8H17NO3/c1-4-9(5-2)8(12,6-10)7(3)11/h10,12H,4-6H2,1-3H3. The summed E-state index contributed by atoms with van der Waals surface area (Å²) in [4.78, 5) is 12.5. The van der Waals surface area contributed by atoms with Crippen LogP contribution in [0, 0.1) is 0 Å². The van der Waals surface area contributed by atoms with Gasteiger partial charge in [0.15, 0.2) is 5.78 Å². The molecule has 0 saturated carbocycles. The van der Waals surface area contributed by atoms with Crippen LogP contribution in [0.1, 0.15) is 20.8 Å². The molecule has 0 aromatic carbocycles. The van der Waals surface area contributed by atoms with Gasteiger partial charge in [-0.1, -0.05) is 13.8 Å². The van der Waals surface area contributed by atoms with Gasteiger partial charge in [-0.3, -0.25) is 9.69 Å². The fraction of sp³-hybridized carbons (Fsp3) is 0.875. The summed E-state index contributed by atoms with van der Waals surface area (Å²) in [5, 5.41) is 18.6. The normalized spacial score (nSPS) is 16.2. The van der Waals surface area contributed by atoms with Crippen molar-refractivity contribution in [1.29, 1.82) is 0 Å². The number of carbonyl (C=O) groups excluding carboxylic acids is 1. The lowest BCUT2D eigenvalue weighted by atomic mass is 10.1. The molecule has 0 aliphatic rings. The van der Waals surface area contributed by atoms with Crippen molar-refractivity contribution >= 4 is 5.78 Å². The van der Waals surface area contributed by atoms with Crippen LogP contribution in [0.25, 0.3) is 0 Å². The summed E-state index contributed by atoms with van der Waals surface area (Å²) in [5.41, 5.74) is -1.69. The van der Waals surface area contributed by atoms with E-state index in [1.54, 1.807) is 0 Å². The minimum Gasteiger partial charge on any atom is -0.391 e. The maximum Gasteiger partial charge on any atom is 0.201 e. The van der Waals surface area contributed by atoms with Gasteiger partial charge in [-0.05, 0) is 20.0 Å². The Hall–Kier alpha value is -0.450. The van der Waals surface area contributed by atoms with E-state index in [0.29, 0.717) is 13.1 Å². The Morgan fingerprint density at radius 3 is 1.92 bits per heavy atom. The average molecular weight is 175 g/mol. The molecule has 4 nitrogen and oxygen atoms in total. The number of Topliss-reactive ketones (excluding diaryl/α,β-unsaturated/α-hetero) is 1. The van der Waals surface area contributed by atoms with Gasteiger partial charge in [0.25, 0.3) is 0 Å². The molecule has 0 bridgehead atoms. The molecule has 0 aromatic rings. The predicted molar refractivity (Wildman–Crippen MR) is 45.6 cm³/mol. The van der Waals surface area contributed by atoms with E-state index in [4.69, 9.17) is 5.11 Å². The highest BCUT2D eigenvalue weighted by atomic mass is 16.4. The molecule has 0 rings (SSSR count). The highest BCUT2D eigenvalue weighted by Crippen LogP contribution is 2.11. The molecule has 1 atom stereocenters. The van der Waals surface area contributed by atoms with E-state index >= 15 is 0 Å². The zero-order chi connectivity index (χ0) is 9.78. The van der Waals surface area contributed by atoms with Gasteiger partial charge in [0, 0.05) is 0 Å². The van der Waals surface area contributed by atoms with Gasteiger partial charge in [-0.15, -0.1) is 0 Å². The van der Waals surface area contributed by atoms with Crippen LogP contribution in [0.15, 0.2) is 0 Å². The lowest BCUT2D eigenvalue weighted by molar-refractivity contribution is -0.167. The second-order valence-corrected chi connectivity index (χ2v) is 2.70. The van der Waals surface area contributed by atoms with E-state index in [1.807, 2.05) is 13.8 Å². The van der Waals surface area contributed by atoms with Gasteiger partial charge >= 0.3 is 0 Å². The van der Waals surface area contributed by atoms with Crippen molar-refractivity contribution < 1.29 is 15.0 Å². The number of aliphatic hydroxyl groups is 2. The van der Waals surface area contributed by atoms with E-state index in [1.165, 1.54) is 11.8 Å². The van der Waals surface area contributed by atoms with Gasteiger partial charge < -0.3 is 10.2 Å². The van der Waals surface area contributed by atoms with Crippen LogP contribution < -0.4 is 0 Å². The van der Waals surface area contributed by atoms with E-state index in [-0.39, 0.29) is 0 Å². The van der Waals surface area contributed by atoms with Gasteiger partial charge in [-0.25, -0.2) is 0 Å². The zero-order valence-electron chi connectivity index (χ0n) is 7.87. The first-order valence-electron chi connectivity index (χ1n) is 4.12. The van der Waals surface area contributed by atoms with Crippen LogP contribution in [-0.4, -0.2) is 46.3 Å². The maximum atomic E-state index is 11.0. The molecule has 0 aliphatic heterocycles. The first kappa shape index (κ1) is 11.6. The molecule has 0 aliphatic carbocycles. The first-order chi connectivity index (χ1) is 5.52. The molecule has 2 N–H and O–H groups in total. The van der Waals surface area contributed by atoms with Crippen molar-refractivity contribution in [3.8, 4) is 0 Å². The molecule has 12 heavy (non-hydrogen) atoms. The first-order valence-corrected chi connectivity index (χ1v) is 4.12. The van der Waals surface area contributed by atoms with Crippen LogP contribution in [0.2, 0.25) is 0 Å². The van der Waals surface area contributed by atoms with E-state index < -0.39 is 18.1 Å². The lowest BCUT2D eigenvalue weighted by Crippen LogP contribution is -2.56. The molecule has 0 spiro atoms.